The van der Waals surface area contributed by atoms with Gasteiger partial charge in [-0.25, -0.2) is 8.42 Å². The topological polar surface area (TPSA) is 86.8 Å². The maximum atomic E-state index is 13.8. The average Bonchev–Trinajstić information content (AvgIpc) is 2.86. The van der Waals surface area contributed by atoms with E-state index in [-0.39, 0.29) is 11.9 Å². The highest BCUT2D eigenvalue weighted by Gasteiger charge is 2.32. The van der Waals surface area contributed by atoms with E-state index in [0.717, 1.165) is 41.8 Å². The summed E-state index contributed by atoms with van der Waals surface area (Å²) in [6.07, 6.45) is 7.29. The molecule has 0 heterocycles. The molecule has 2 aromatic carbocycles. The molecular weight excluding hydrogens is 510 g/mol. The van der Waals surface area contributed by atoms with E-state index in [1.54, 1.807) is 30.0 Å². The zero-order chi connectivity index (χ0) is 27.0. The van der Waals surface area contributed by atoms with Gasteiger partial charge in [-0.1, -0.05) is 68.1 Å². The van der Waals surface area contributed by atoms with Crippen LogP contribution in [-0.2, 0) is 26.0 Å². The number of carbonyl (C=O) groups excluding carboxylic acids is 2. The first-order valence-corrected chi connectivity index (χ1v) is 15.2. The van der Waals surface area contributed by atoms with Gasteiger partial charge in [0.2, 0.25) is 21.8 Å². The van der Waals surface area contributed by atoms with Crippen molar-refractivity contribution in [1.82, 2.24) is 10.2 Å². The second-order valence-electron chi connectivity index (χ2n) is 9.79. The Bertz CT molecular complexity index is 1170. The van der Waals surface area contributed by atoms with Crippen LogP contribution in [0, 0.1) is 6.92 Å². The van der Waals surface area contributed by atoms with E-state index in [2.05, 4.69) is 5.32 Å². The van der Waals surface area contributed by atoms with E-state index in [0.29, 0.717) is 35.7 Å². The van der Waals surface area contributed by atoms with Crippen LogP contribution in [-0.4, -0.2) is 56.6 Å². The second kappa shape index (κ2) is 13.3. The Kier molecular flexibility index (Phi) is 10.4. The lowest BCUT2D eigenvalue weighted by molar-refractivity contribution is -0.140. The summed E-state index contributed by atoms with van der Waals surface area (Å²) in [5.41, 5.74) is 2.07. The Hall–Kier alpha value is -2.58. The molecule has 2 aromatic rings. The minimum Gasteiger partial charge on any atom is -0.352 e. The van der Waals surface area contributed by atoms with Crippen molar-refractivity contribution in [3.63, 3.8) is 0 Å². The summed E-state index contributed by atoms with van der Waals surface area (Å²) in [4.78, 5) is 28.7. The molecule has 1 aliphatic carbocycles. The van der Waals surface area contributed by atoms with Crippen molar-refractivity contribution >= 4 is 39.1 Å². The van der Waals surface area contributed by atoms with Gasteiger partial charge >= 0.3 is 0 Å². The first-order valence-electron chi connectivity index (χ1n) is 13.0. The largest absolute Gasteiger partial charge is 0.352 e. The van der Waals surface area contributed by atoms with Gasteiger partial charge in [0.05, 0.1) is 11.9 Å². The van der Waals surface area contributed by atoms with E-state index in [1.165, 1.54) is 6.42 Å². The number of amides is 2. The fourth-order valence-electron chi connectivity index (χ4n) is 4.93. The van der Waals surface area contributed by atoms with Crippen molar-refractivity contribution < 1.29 is 18.0 Å². The number of nitrogens with zero attached hydrogens (tertiary/aromatic N) is 2. The minimum atomic E-state index is -3.78. The molecule has 2 amide bonds. The number of hydrogen-bond acceptors (Lipinski definition) is 4. The monoisotopic (exact) mass is 547 g/mol. The number of benzene rings is 2. The quantitative estimate of drug-likeness (QED) is 0.441. The number of halogens is 1. The first-order chi connectivity index (χ1) is 17.6. The molecule has 7 nitrogen and oxygen atoms in total. The van der Waals surface area contributed by atoms with Gasteiger partial charge in [0.1, 0.15) is 12.6 Å². The van der Waals surface area contributed by atoms with Crippen LogP contribution in [0.15, 0.2) is 48.5 Å². The Labute approximate surface area is 226 Å². The number of rotatable bonds is 11. The highest BCUT2D eigenvalue weighted by Crippen LogP contribution is 2.26. The van der Waals surface area contributed by atoms with Crippen LogP contribution >= 0.6 is 11.6 Å². The lowest BCUT2D eigenvalue weighted by Crippen LogP contribution is -2.54. The molecule has 0 unspecified atom stereocenters. The Morgan fingerprint density at radius 2 is 1.76 bits per heavy atom. The molecule has 0 bridgehead atoms. The Morgan fingerprint density at radius 3 is 2.35 bits per heavy atom. The highest BCUT2D eigenvalue weighted by molar-refractivity contribution is 7.92. The normalized spacial score (nSPS) is 15.1. The van der Waals surface area contributed by atoms with Crippen LogP contribution in [0.1, 0.15) is 56.6 Å². The zero-order valence-corrected chi connectivity index (χ0v) is 23.5. The number of sulfonamides is 1. The number of anilines is 1. The summed E-state index contributed by atoms with van der Waals surface area (Å²) in [5, 5.41) is 3.64. The Morgan fingerprint density at radius 1 is 1.08 bits per heavy atom. The predicted molar refractivity (Wildman–Crippen MR) is 149 cm³/mol. The molecule has 1 atom stereocenters. The lowest BCUT2D eigenvalue weighted by atomic mass is 9.95. The third-order valence-electron chi connectivity index (χ3n) is 6.93. The maximum absolute atomic E-state index is 13.8. The van der Waals surface area contributed by atoms with E-state index in [4.69, 9.17) is 11.6 Å². The van der Waals surface area contributed by atoms with Gasteiger partial charge in [-0.3, -0.25) is 13.9 Å². The van der Waals surface area contributed by atoms with Gasteiger partial charge in [0.15, 0.2) is 0 Å². The maximum Gasteiger partial charge on any atom is 0.244 e. The molecule has 1 fully saturated rings. The van der Waals surface area contributed by atoms with Crippen LogP contribution in [0.5, 0.6) is 0 Å². The summed E-state index contributed by atoms with van der Waals surface area (Å²) in [5.74, 6) is -0.592. The van der Waals surface area contributed by atoms with Crippen molar-refractivity contribution in [3.8, 4) is 0 Å². The summed E-state index contributed by atoms with van der Waals surface area (Å²) in [6.45, 7) is 3.54. The predicted octanol–water partition coefficient (Wildman–Crippen LogP) is 4.71. The van der Waals surface area contributed by atoms with Crippen LogP contribution in [0.3, 0.4) is 0 Å². The van der Waals surface area contributed by atoms with E-state index < -0.39 is 28.5 Å². The third-order valence-corrected chi connectivity index (χ3v) is 8.29. The molecule has 0 aromatic heterocycles. The number of carbonyl (C=O) groups is 2. The van der Waals surface area contributed by atoms with Crippen LogP contribution in [0.2, 0.25) is 5.02 Å². The average molecular weight is 548 g/mol. The zero-order valence-electron chi connectivity index (χ0n) is 22.0. The van der Waals surface area contributed by atoms with Crippen LogP contribution in [0.4, 0.5) is 5.69 Å². The van der Waals surface area contributed by atoms with Gasteiger partial charge in [-0.05, 0) is 61.9 Å². The summed E-state index contributed by atoms with van der Waals surface area (Å²) in [6, 6.07) is 14.1. The van der Waals surface area contributed by atoms with Gasteiger partial charge in [0, 0.05) is 17.6 Å². The summed E-state index contributed by atoms with van der Waals surface area (Å²) >= 11 is 6.08. The molecule has 0 radical (unpaired) electrons. The molecule has 3 rings (SSSR count). The molecule has 9 heteroatoms. The van der Waals surface area contributed by atoms with Crippen LogP contribution < -0.4 is 9.62 Å². The molecule has 0 spiro atoms. The van der Waals surface area contributed by atoms with Crippen molar-refractivity contribution in [2.45, 2.75) is 70.9 Å². The van der Waals surface area contributed by atoms with E-state index >= 15 is 0 Å². The van der Waals surface area contributed by atoms with E-state index in [1.807, 2.05) is 37.3 Å². The van der Waals surface area contributed by atoms with Crippen molar-refractivity contribution in [2.24, 2.45) is 0 Å². The molecular formula is C28H38ClN3O4S. The standard InChI is InChI=1S/C28H38ClN3O4S/c1-4-25(28(34)30-24-13-9-6-10-14-24)31(18-17-22-11-7-5-8-12-22)27(33)20-32(37(3,35)36)26-16-15-23(29)19-21(26)2/h5,7-8,11-12,15-16,19,24-25H,4,6,9-10,13-14,17-18,20H2,1-3H3,(H,30,34)/t25-/m1/s1. The first kappa shape index (κ1) is 29.0. The van der Waals surface area contributed by atoms with Crippen molar-refractivity contribution in [2.75, 3.05) is 23.7 Å². The smallest absolute Gasteiger partial charge is 0.244 e. The van der Waals surface area contributed by atoms with Gasteiger partial charge in [-0.15, -0.1) is 0 Å². The second-order valence-corrected chi connectivity index (χ2v) is 12.1. The fraction of sp³-hybridized carbons (Fsp3) is 0.500. The summed E-state index contributed by atoms with van der Waals surface area (Å²) in [7, 11) is -3.78. The van der Waals surface area contributed by atoms with E-state index in [9.17, 15) is 18.0 Å². The number of aryl methyl sites for hydroxylation is 1. The van der Waals surface area contributed by atoms with Crippen molar-refractivity contribution in [1.29, 1.82) is 0 Å². The molecule has 0 saturated heterocycles. The number of nitrogens with one attached hydrogen (secondary N) is 1. The molecule has 202 valence electrons. The SMILES string of the molecule is CC[C@H](C(=O)NC1CCCCC1)N(CCc1ccccc1)C(=O)CN(c1ccc(Cl)cc1C)S(C)(=O)=O. The van der Waals surface area contributed by atoms with Gasteiger partial charge in [-0.2, -0.15) is 0 Å². The molecule has 37 heavy (non-hydrogen) atoms. The Balaban J connectivity index is 1.88. The third kappa shape index (κ3) is 8.20. The molecule has 1 aliphatic rings. The molecule has 1 N–H and O–H groups in total. The van der Waals surface area contributed by atoms with Crippen LogP contribution in [0.25, 0.3) is 0 Å². The number of hydrogen-bond donors (Lipinski definition) is 1. The fourth-order valence-corrected chi connectivity index (χ4v) is 6.07. The van der Waals surface area contributed by atoms with Gasteiger partial charge < -0.3 is 10.2 Å². The minimum absolute atomic E-state index is 0.116. The summed E-state index contributed by atoms with van der Waals surface area (Å²) < 4.78 is 26.7. The van der Waals surface area contributed by atoms with Gasteiger partial charge in [0.25, 0.3) is 0 Å². The van der Waals surface area contributed by atoms with Crippen molar-refractivity contribution in [3.05, 3.63) is 64.7 Å². The lowest BCUT2D eigenvalue weighted by Gasteiger charge is -2.34. The highest BCUT2D eigenvalue weighted by atomic mass is 35.5. The molecule has 1 saturated carbocycles. The molecule has 0 aliphatic heterocycles.